The van der Waals surface area contributed by atoms with Crippen LogP contribution in [-0.4, -0.2) is 38.6 Å². The standard InChI is InChI=1S/C23H28N4O2S/c1-5-29-20-13-11-19(12-14-20)27-21(15-18-9-7-6-8-10-18)25-26-23(27)30-17(4)22(28)24-16(2)3/h6-14,16-17H,5,15H2,1-4H3,(H,24,28). The van der Waals surface area contributed by atoms with Gasteiger partial charge in [-0.05, 0) is 57.5 Å². The summed E-state index contributed by atoms with van der Waals surface area (Å²) in [7, 11) is 0. The summed E-state index contributed by atoms with van der Waals surface area (Å²) in [6, 6.07) is 18.1. The van der Waals surface area contributed by atoms with E-state index in [-0.39, 0.29) is 17.2 Å². The van der Waals surface area contributed by atoms with Crippen LogP contribution in [0.15, 0.2) is 59.8 Å². The minimum atomic E-state index is -0.289. The van der Waals surface area contributed by atoms with Gasteiger partial charge >= 0.3 is 0 Å². The third-order valence-electron chi connectivity index (χ3n) is 4.39. The molecule has 7 heteroatoms. The molecule has 1 atom stereocenters. The van der Waals surface area contributed by atoms with E-state index in [1.165, 1.54) is 11.8 Å². The molecule has 1 aromatic heterocycles. The molecule has 0 fully saturated rings. The van der Waals surface area contributed by atoms with Crippen LogP contribution in [0.3, 0.4) is 0 Å². The average molecular weight is 425 g/mol. The molecule has 2 aromatic carbocycles. The monoisotopic (exact) mass is 424 g/mol. The molecule has 30 heavy (non-hydrogen) atoms. The van der Waals surface area contributed by atoms with Crippen molar-refractivity contribution in [2.45, 2.75) is 50.6 Å². The Morgan fingerprint density at radius 3 is 2.40 bits per heavy atom. The third kappa shape index (κ3) is 5.63. The maximum atomic E-state index is 12.4. The van der Waals surface area contributed by atoms with Crippen molar-refractivity contribution in [3.05, 3.63) is 66.0 Å². The highest BCUT2D eigenvalue weighted by Crippen LogP contribution is 2.28. The first kappa shape index (κ1) is 21.9. The molecule has 0 radical (unpaired) electrons. The zero-order valence-electron chi connectivity index (χ0n) is 17.8. The molecule has 1 unspecified atom stereocenters. The molecule has 3 rings (SSSR count). The van der Waals surface area contributed by atoms with E-state index in [0.29, 0.717) is 18.2 Å². The van der Waals surface area contributed by atoms with Crippen molar-refractivity contribution < 1.29 is 9.53 Å². The first-order chi connectivity index (χ1) is 14.5. The highest BCUT2D eigenvalue weighted by atomic mass is 32.2. The SMILES string of the molecule is CCOc1ccc(-n2c(Cc3ccccc3)nnc2SC(C)C(=O)NC(C)C)cc1. The van der Waals surface area contributed by atoms with Crippen LogP contribution in [0.1, 0.15) is 39.1 Å². The molecular formula is C23H28N4O2S. The fourth-order valence-electron chi connectivity index (χ4n) is 3.00. The molecule has 0 aliphatic carbocycles. The Morgan fingerprint density at radius 1 is 1.07 bits per heavy atom. The summed E-state index contributed by atoms with van der Waals surface area (Å²) < 4.78 is 7.59. The number of aromatic nitrogens is 3. The van der Waals surface area contributed by atoms with Crippen molar-refractivity contribution in [2.24, 2.45) is 0 Å². The van der Waals surface area contributed by atoms with Crippen molar-refractivity contribution in [3.63, 3.8) is 0 Å². The van der Waals surface area contributed by atoms with E-state index in [1.54, 1.807) is 0 Å². The Morgan fingerprint density at radius 2 is 1.77 bits per heavy atom. The molecule has 3 aromatic rings. The van der Waals surface area contributed by atoms with Gasteiger partial charge in [0.15, 0.2) is 5.16 Å². The zero-order valence-corrected chi connectivity index (χ0v) is 18.6. The van der Waals surface area contributed by atoms with Gasteiger partial charge in [-0.1, -0.05) is 42.1 Å². The zero-order chi connectivity index (χ0) is 21.5. The largest absolute Gasteiger partial charge is 0.494 e. The van der Waals surface area contributed by atoms with E-state index in [1.807, 2.05) is 74.7 Å². The third-order valence-corrected chi connectivity index (χ3v) is 5.44. The Bertz CT molecular complexity index is 955. The van der Waals surface area contributed by atoms with E-state index in [4.69, 9.17) is 4.74 Å². The Hall–Kier alpha value is -2.80. The summed E-state index contributed by atoms with van der Waals surface area (Å²) in [5.74, 6) is 1.63. The van der Waals surface area contributed by atoms with E-state index >= 15 is 0 Å². The van der Waals surface area contributed by atoms with E-state index in [9.17, 15) is 4.79 Å². The molecule has 0 spiro atoms. The summed E-state index contributed by atoms with van der Waals surface area (Å²) in [6.45, 7) is 8.38. The first-order valence-electron chi connectivity index (χ1n) is 10.2. The number of ether oxygens (including phenoxy) is 1. The van der Waals surface area contributed by atoms with Gasteiger partial charge in [-0.15, -0.1) is 10.2 Å². The highest BCUT2D eigenvalue weighted by Gasteiger charge is 2.21. The van der Waals surface area contributed by atoms with Crippen LogP contribution in [0.4, 0.5) is 0 Å². The van der Waals surface area contributed by atoms with Crippen LogP contribution in [0.25, 0.3) is 5.69 Å². The summed E-state index contributed by atoms with van der Waals surface area (Å²) in [5, 5.41) is 12.2. The quantitative estimate of drug-likeness (QED) is 0.520. The molecule has 1 heterocycles. The Balaban J connectivity index is 1.93. The van der Waals surface area contributed by atoms with E-state index < -0.39 is 0 Å². The highest BCUT2D eigenvalue weighted by molar-refractivity contribution is 8.00. The van der Waals surface area contributed by atoms with Gasteiger partial charge in [0, 0.05) is 18.2 Å². The minimum absolute atomic E-state index is 0.0131. The van der Waals surface area contributed by atoms with Crippen LogP contribution in [0, 0.1) is 0 Å². The van der Waals surface area contributed by atoms with Crippen molar-refractivity contribution in [1.82, 2.24) is 20.1 Å². The molecule has 0 saturated carbocycles. The number of thioether (sulfide) groups is 1. The number of nitrogens with one attached hydrogen (secondary N) is 1. The number of hydrogen-bond acceptors (Lipinski definition) is 5. The predicted molar refractivity (Wildman–Crippen MR) is 120 cm³/mol. The van der Waals surface area contributed by atoms with Crippen LogP contribution in [-0.2, 0) is 11.2 Å². The Labute approximate surface area is 182 Å². The molecule has 0 aliphatic rings. The van der Waals surface area contributed by atoms with Gasteiger partial charge in [0.2, 0.25) is 5.91 Å². The lowest BCUT2D eigenvalue weighted by molar-refractivity contribution is -0.120. The van der Waals surface area contributed by atoms with E-state index in [0.717, 1.165) is 22.8 Å². The van der Waals surface area contributed by atoms with Gasteiger partial charge in [0.25, 0.3) is 0 Å². The molecule has 6 nitrogen and oxygen atoms in total. The lowest BCUT2D eigenvalue weighted by Crippen LogP contribution is -2.36. The molecule has 0 aliphatic heterocycles. The van der Waals surface area contributed by atoms with Crippen LogP contribution < -0.4 is 10.1 Å². The van der Waals surface area contributed by atoms with Crippen LogP contribution in [0.5, 0.6) is 5.75 Å². The fourth-order valence-corrected chi connectivity index (χ4v) is 3.90. The summed E-state index contributed by atoms with van der Waals surface area (Å²) in [4.78, 5) is 12.4. The molecule has 0 saturated heterocycles. The van der Waals surface area contributed by atoms with Gasteiger partial charge in [-0.25, -0.2) is 0 Å². The summed E-state index contributed by atoms with van der Waals surface area (Å²) >= 11 is 1.41. The second kappa shape index (κ2) is 10.3. The van der Waals surface area contributed by atoms with Gasteiger partial charge in [-0.2, -0.15) is 0 Å². The van der Waals surface area contributed by atoms with Gasteiger partial charge in [0.05, 0.1) is 11.9 Å². The number of amides is 1. The number of rotatable bonds is 9. The van der Waals surface area contributed by atoms with Crippen molar-refractivity contribution in [2.75, 3.05) is 6.61 Å². The second-order valence-corrected chi connectivity index (χ2v) is 8.55. The number of carbonyl (C=O) groups excluding carboxylic acids is 1. The van der Waals surface area contributed by atoms with Crippen LogP contribution >= 0.6 is 11.8 Å². The van der Waals surface area contributed by atoms with Crippen molar-refractivity contribution >= 4 is 17.7 Å². The fraction of sp³-hybridized carbons (Fsp3) is 0.348. The predicted octanol–water partition coefficient (Wildman–Crippen LogP) is 4.26. The second-order valence-electron chi connectivity index (χ2n) is 7.25. The maximum Gasteiger partial charge on any atom is 0.233 e. The maximum absolute atomic E-state index is 12.4. The molecule has 1 amide bonds. The minimum Gasteiger partial charge on any atom is -0.494 e. The first-order valence-corrected chi connectivity index (χ1v) is 11.0. The smallest absolute Gasteiger partial charge is 0.233 e. The van der Waals surface area contributed by atoms with E-state index in [2.05, 4.69) is 27.6 Å². The van der Waals surface area contributed by atoms with Gasteiger partial charge in [0.1, 0.15) is 11.6 Å². The Kier molecular flexibility index (Phi) is 7.52. The van der Waals surface area contributed by atoms with Crippen LogP contribution in [0.2, 0.25) is 0 Å². The van der Waals surface area contributed by atoms with Gasteiger partial charge in [-0.3, -0.25) is 9.36 Å². The number of carbonyl (C=O) groups is 1. The van der Waals surface area contributed by atoms with Crippen molar-refractivity contribution in [1.29, 1.82) is 0 Å². The molecule has 1 N–H and O–H groups in total. The van der Waals surface area contributed by atoms with Gasteiger partial charge < -0.3 is 10.1 Å². The molecule has 158 valence electrons. The normalized spacial score (nSPS) is 12.0. The van der Waals surface area contributed by atoms with Crippen molar-refractivity contribution in [3.8, 4) is 11.4 Å². The summed E-state index contributed by atoms with van der Waals surface area (Å²) in [6.07, 6.45) is 0.647. The number of hydrogen-bond donors (Lipinski definition) is 1. The summed E-state index contributed by atoms with van der Waals surface area (Å²) in [5.41, 5.74) is 2.09. The molecular weight excluding hydrogens is 396 g/mol. The average Bonchev–Trinajstić information content (AvgIpc) is 3.11. The molecule has 0 bridgehead atoms. The number of benzene rings is 2. The lowest BCUT2D eigenvalue weighted by atomic mass is 10.1. The number of nitrogens with zero attached hydrogens (tertiary/aromatic N) is 3. The lowest BCUT2D eigenvalue weighted by Gasteiger charge is -2.15. The topological polar surface area (TPSA) is 69.0 Å².